The maximum absolute atomic E-state index is 13.2. The first-order valence-electron chi connectivity index (χ1n) is 10.6. The fourth-order valence-electron chi connectivity index (χ4n) is 3.70. The molecule has 0 saturated carbocycles. The van der Waals surface area contributed by atoms with E-state index in [0.29, 0.717) is 21.6 Å². The van der Waals surface area contributed by atoms with Gasteiger partial charge in [-0.25, -0.2) is 15.2 Å². The van der Waals surface area contributed by atoms with Gasteiger partial charge in [-0.1, -0.05) is 78.3 Å². The van der Waals surface area contributed by atoms with Crippen LogP contribution in [0, 0.1) is 0 Å². The van der Waals surface area contributed by atoms with Gasteiger partial charge in [-0.3, -0.25) is 4.79 Å². The number of aromatic nitrogens is 2. The lowest BCUT2D eigenvalue weighted by atomic mass is 10.1. The Morgan fingerprint density at radius 2 is 1.53 bits per heavy atom. The van der Waals surface area contributed by atoms with E-state index in [2.05, 4.69) is 15.7 Å². The zero-order valence-electron chi connectivity index (χ0n) is 17.9. The third-order valence-electron chi connectivity index (χ3n) is 5.35. The third-order valence-corrected chi connectivity index (χ3v) is 5.60. The second kappa shape index (κ2) is 9.21. The number of rotatable bonds is 4. The van der Waals surface area contributed by atoms with Crippen molar-refractivity contribution in [2.24, 2.45) is 0 Å². The number of halogens is 1. The largest absolute Gasteiger partial charge is 0.338 e. The van der Waals surface area contributed by atoms with Crippen molar-refractivity contribution in [1.82, 2.24) is 9.66 Å². The molecule has 0 atom stereocenters. The fraction of sp³-hybridized carbons (Fsp3) is 0. The Bertz CT molecular complexity index is 1600. The predicted molar refractivity (Wildman–Crippen MR) is 139 cm³/mol. The van der Waals surface area contributed by atoms with Crippen LogP contribution in [0.2, 0.25) is 5.02 Å². The average molecular weight is 467 g/mol. The molecule has 7 heteroatoms. The average Bonchev–Trinajstić information content (AvgIpc) is 2.86. The van der Waals surface area contributed by atoms with E-state index in [1.54, 1.807) is 42.5 Å². The minimum Gasteiger partial charge on any atom is -0.306 e. The minimum atomic E-state index is -0.559. The number of nitrogens with zero attached hydrogens (tertiary/aromatic N) is 2. The molecule has 0 spiro atoms. The van der Waals surface area contributed by atoms with Gasteiger partial charge in [0.1, 0.15) is 0 Å². The second-order valence-electron chi connectivity index (χ2n) is 7.61. The number of benzene rings is 4. The normalized spacial score (nSPS) is 11.2. The lowest BCUT2D eigenvalue weighted by Gasteiger charge is -2.14. The molecule has 5 aromatic rings. The maximum atomic E-state index is 13.2. The Labute approximate surface area is 200 Å². The van der Waals surface area contributed by atoms with Crippen LogP contribution in [0.4, 0.5) is 10.5 Å². The van der Waals surface area contributed by atoms with Gasteiger partial charge in [0.05, 0.1) is 16.6 Å². The van der Waals surface area contributed by atoms with Crippen molar-refractivity contribution < 1.29 is 4.79 Å². The SMILES string of the molecule is O=C(Nc1cccc2ccccc12)Nn1c(/C=C/c2ccc(Cl)cc2)nc2ccccc2c1=O. The highest BCUT2D eigenvalue weighted by molar-refractivity contribution is 6.30. The molecule has 1 aromatic heterocycles. The number of carbonyl (C=O) groups excluding carboxylic acids is 1. The van der Waals surface area contributed by atoms with E-state index < -0.39 is 6.03 Å². The van der Waals surface area contributed by atoms with Crippen LogP contribution in [-0.4, -0.2) is 15.7 Å². The molecule has 0 bridgehead atoms. The number of hydrogen-bond donors (Lipinski definition) is 2. The van der Waals surface area contributed by atoms with E-state index in [1.807, 2.05) is 60.7 Å². The minimum absolute atomic E-state index is 0.284. The summed E-state index contributed by atoms with van der Waals surface area (Å²) in [7, 11) is 0. The van der Waals surface area contributed by atoms with Crippen molar-refractivity contribution in [3.63, 3.8) is 0 Å². The second-order valence-corrected chi connectivity index (χ2v) is 8.04. The summed E-state index contributed by atoms with van der Waals surface area (Å²) in [5.74, 6) is 0.284. The molecule has 34 heavy (non-hydrogen) atoms. The van der Waals surface area contributed by atoms with Crippen molar-refractivity contribution in [3.05, 3.63) is 118 Å². The molecule has 166 valence electrons. The predicted octanol–water partition coefficient (Wildman–Crippen LogP) is 6.15. The van der Waals surface area contributed by atoms with Gasteiger partial charge in [0, 0.05) is 10.4 Å². The number of carbonyl (C=O) groups is 1. The van der Waals surface area contributed by atoms with Crippen molar-refractivity contribution in [2.45, 2.75) is 0 Å². The summed E-state index contributed by atoms with van der Waals surface area (Å²) in [4.78, 5) is 30.8. The molecule has 2 N–H and O–H groups in total. The summed E-state index contributed by atoms with van der Waals surface area (Å²) >= 11 is 5.96. The molecule has 0 aliphatic heterocycles. The molecule has 0 fully saturated rings. The lowest BCUT2D eigenvalue weighted by molar-refractivity contribution is 0.259. The van der Waals surface area contributed by atoms with Gasteiger partial charge >= 0.3 is 6.03 Å². The maximum Gasteiger partial charge on any atom is 0.338 e. The molecule has 6 nitrogen and oxygen atoms in total. The number of urea groups is 1. The van der Waals surface area contributed by atoms with Crippen molar-refractivity contribution in [2.75, 3.05) is 10.7 Å². The van der Waals surface area contributed by atoms with E-state index in [1.165, 1.54) is 0 Å². The fourth-order valence-corrected chi connectivity index (χ4v) is 3.83. The van der Waals surface area contributed by atoms with Crippen molar-refractivity contribution in [3.8, 4) is 0 Å². The molecule has 4 aromatic carbocycles. The van der Waals surface area contributed by atoms with E-state index in [0.717, 1.165) is 21.0 Å². The first kappa shape index (κ1) is 21.4. The van der Waals surface area contributed by atoms with Crippen LogP contribution in [0.5, 0.6) is 0 Å². The highest BCUT2D eigenvalue weighted by Gasteiger charge is 2.13. The highest BCUT2D eigenvalue weighted by Crippen LogP contribution is 2.23. The summed E-state index contributed by atoms with van der Waals surface area (Å²) in [6.45, 7) is 0. The quantitative estimate of drug-likeness (QED) is 0.333. The standard InChI is InChI=1S/C27H19ClN4O2/c28-20-15-12-18(13-16-20)14-17-25-29-24-10-4-3-9-22(24)26(33)32(25)31-27(34)30-23-11-5-7-19-6-1-2-8-21(19)23/h1-17H,(H2,30,31,34)/b17-14+. The van der Waals surface area contributed by atoms with E-state index in [4.69, 9.17) is 11.6 Å². The number of para-hydroxylation sites is 1. The van der Waals surface area contributed by atoms with E-state index >= 15 is 0 Å². The highest BCUT2D eigenvalue weighted by atomic mass is 35.5. The third kappa shape index (κ3) is 4.40. The van der Waals surface area contributed by atoms with E-state index in [9.17, 15) is 9.59 Å². The zero-order chi connectivity index (χ0) is 23.5. The lowest BCUT2D eigenvalue weighted by Crippen LogP contribution is -2.37. The Morgan fingerprint density at radius 3 is 2.35 bits per heavy atom. The molecule has 0 aliphatic carbocycles. The number of nitrogens with one attached hydrogen (secondary N) is 2. The van der Waals surface area contributed by atoms with Gasteiger partial charge in [0.15, 0.2) is 5.82 Å². The number of fused-ring (bicyclic) bond motifs is 2. The zero-order valence-corrected chi connectivity index (χ0v) is 18.7. The molecule has 1 heterocycles. The summed E-state index contributed by atoms with van der Waals surface area (Å²) in [6.07, 6.45) is 3.48. The number of amides is 2. The van der Waals surface area contributed by atoms with Crippen LogP contribution in [-0.2, 0) is 0 Å². The molecule has 0 aliphatic rings. The van der Waals surface area contributed by atoms with Crippen LogP contribution in [0.15, 0.2) is 95.8 Å². The smallest absolute Gasteiger partial charge is 0.306 e. The van der Waals surface area contributed by atoms with Crippen molar-refractivity contribution >= 4 is 57.1 Å². The van der Waals surface area contributed by atoms with Gasteiger partial charge in [-0.15, -0.1) is 0 Å². The van der Waals surface area contributed by atoms with Gasteiger partial charge in [0.25, 0.3) is 5.56 Å². The summed E-state index contributed by atoms with van der Waals surface area (Å²) < 4.78 is 1.15. The van der Waals surface area contributed by atoms with E-state index in [-0.39, 0.29) is 11.4 Å². The Hall–Kier alpha value is -4.42. The van der Waals surface area contributed by atoms with Crippen LogP contribution in [0.1, 0.15) is 11.4 Å². The van der Waals surface area contributed by atoms with Gasteiger partial charge in [-0.2, -0.15) is 4.68 Å². The van der Waals surface area contributed by atoms with Gasteiger partial charge in [-0.05, 0) is 47.4 Å². The molecule has 0 unspecified atom stereocenters. The molecular formula is C27H19ClN4O2. The first-order chi connectivity index (χ1) is 16.6. The van der Waals surface area contributed by atoms with Crippen LogP contribution < -0.4 is 16.3 Å². The van der Waals surface area contributed by atoms with Crippen LogP contribution in [0.3, 0.4) is 0 Å². The van der Waals surface area contributed by atoms with Gasteiger partial charge < -0.3 is 5.32 Å². The Balaban J connectivity index is 1.51. The monoisotopic (exact) mass is 466 g/mol. The van der Waals surface area contributed by atoms with Gasteiger partial charge in [0.2, 0.25) is 0 Å². The van der Waals surface area contributed by atoms with Crippen LogP contribution >= 0.6 is 11.6 Å². The number of hydrogen-bond acceptors (Lipinski definition) is 3. The van der Waals surface area contributed by atoms with Crippen molar-refractivity contribution in [1.29, 1.82) is 0 Å². The summed E-state index contributed by atoms with van der Waals surface area (Å²) in [6, 6.07) is 27.1. The number of anilines is 1. The molecule has 0 saturated heterocycles. The first-order valence-corrected chi connectivity index (χ1v) is 11.0. The molecule has 5 rings (SSSR count). The van der Waals surface area contributed by atoms with Crippen LogP contribution in [0.25, 0.3) is 33.8 Å². The molecular weight excluding hydrogens is 448 g/mol. The molecule has 0 radical (unpaired) electrons. The Kier molecular flexibility index (Phi) is 5.81. The molecule has 2 amide bonds. The Morgan fingerprint density at radius 1 is 0.824 bits per heavy atom. The topological polar surface area (TPSA) is 76.0 Å². The summed E-state index contributed by atoms with van der Waals surface area (Å²) in [5.41, 5.74) is 4.31. The summed E-state index contributed by atoms with van der Waals surface area (Å²) in [5, 5.41) is 5.76.